The lowest BCUT2D eigenvalue weighted by molar-refractivity contribution is 0.582. The third kappa shape index (κ3) is 6.58. The lowest BCUT2D eigenvalue weighted by atomic mass is 10.1. The summed E-state index contributed by atoms with van der Waals surface area (Å²) in [4.78, 5) is 13.1. The predicted molar refractivity (Wildman–Crippen MR) is 133 cm³/mol. The monoisotopic (exact) mass is 471 g/mol. The van der Waals surface area contributed by atoms with Crippen LogP contribution in [0.2, 0.25) is 5.15 Å². The molecule has 0 spiro atoms. The Kier molecular flexibility index (Phi) is 9.94. The molecule has 174 valence electrons. The van der Waals surface area contributed by atoms with Crippen molar-refractivity contribution >= 4 is 34.0 Å². The highest BCUT2D eigenvalue weighted by Crippen LogP contribution is 2.27. The quantitative estimate of drug-likeness (QED) is 0.249. The van der Waals surface area contributed by atoms with Crippen LogP contribution < -0.4 is 11.1 Å². The zero-order valence-electron chi connectivity index (χ0n) is 19.2. The fourth-order valence-corrected chi connectivity index (χ4v) is 3.26. The Morgan fingerprint density at radius 3 is 2.42 bits per heavy atom. The number of nitrogens with zero attached hydrogens (tertiary/aromatic N) is 3. The van der Waals surface area contributed by atoms with E-state index in [9.17, 15) is 8.78 Å². The van der Waals surface area contributed by atoms with E-state index in [1.165, 1.54) is 6.07 Å². The van der Waals surface area contributed by atoms with E-state index in [1.54, 1.807) is 6.20 Å². The summed E-state index contributed by atoms with van der Waals surface area (Å²) in [6.07, 6.45) is 3.08. The van der Waals surface area contributed by atoms with Crippen molar-refractivity contribution in [3.63, 3.8) is 0 Å². The Balaban J connectivity index is 0.000000238. The zero-order chi connectivity index (χ0) is 24.4. The summed E-state index contributed by atoms with van der Waals surface area (Å²) in [6, 6.07) is 13.6. The predicted octanol–water partition coefficient (Wildman–Crippen LogP) is 6.91. The summed E-state index contributed by atoms with van der Waals surface area (Å²) >= 11 is 6.09. The third-order valence-corrected chi connectivity index (χ3v) is 4.84. The van der Waals surface area contributed by atoms with Crippen LogP contribution in [0.25, 0.3) is 22.3 Å². The van der Waals surface area contributed by atoms with Crippen molar-refractivity contribution in [3.8, 4) is 11.4 Å². The number of aromatic nitrogens is 3. The van der Waals surface area contributed by atoms with E-state index in [4.69, 9.17) is 17.3 Å². The maximum Gasteiger partial charge on any atom is 0.165 e. The maximum atomic E-state index is 12.8. The van der Waals surface area contributed by atoms with Crippen molar-refractivity contribution < 1.29 is 8.78 Å². The van der Waals surface area contributed by atoms with Gasteiger partial charge >= 0.3 is 0 Å². The second kappa shape index (κ2) is 12.6. The largest absolute Gasteiger partial charge is 0.396 e. The Bertz CT molecular complexity index is 1200. The van der Waals surface area contributed by atoms with Gasteiger partial charge in [-0.3, -0.25) is 0 Å². The van der Waals surface area contributed by atoms with Crippen molar-refractivity contribution in [1.29, 1.82) is 0 Å². The average Bonchev–Trinajstić information content (AvgIpc) is 2.83. The highest BCUT2D eigenvalue weighted by molar-refractivity contribution is 6.31. The van der Waals surface area contributed by atoms with E-state index in [2.05, 4.69) is 20.3 Å². The molecule has 3 N–H and O–H groups in total. The van der Waals surface area contributed by atoms with Gasteiger partial charge in [0.05, 0.1) is 16.8 Å². The third-order valence-electron chi connectivity index (χ3n) is 4.54. The van der Waals surface area contributed by atoms with Crippen LogP contribution in [0.5, 0.6) is 0 Å². The number of halogens is 3. The number of fused-ring (bicyclic) bond motifs is 1. The highest BCUT2D eigenvalue weighted by atomic mass is 35.5. The van der Waals surface area contributed by atoms with Crippen LogP contribution in [0, 0.1) is 11.6 Å². The van der Waals surface area contributed by atoms with Crippen LogP contribution in [0.4, 0.5) is 20.3 Å². The SMILES string of the molecule is CC.CCCc1cc(F)cc(F)c1N.CNc1nc(-c2cccnc2Cl)nc2ccccc12. The average molecular weight is 472 g/mol. The number of hydrogen-bond acceptors (Lipinski definition) is 5. The maximum absolute atomic E-state index is 12.8. The molecule has 0 bridgehead atoms. The molecule has 0 saturated heterocycles. The number of benzene rings is 2. The molecule has 4 aromatic rings. The minimum Gasteiger partial charge on any atom is -0.396 e. The number of rotatable bonds is 4. The van der Waals surface area contributed by atoms with E-state index in [0.717, 1.165) is 34.8 Å². The van der Waals surface area contributed by atoms with Gasteiger partial charge in [-0.25, -0.2) is 23.7 Å². The second-order valence-corrected chi connectivity index (χ2v) is 7.07. The number of nitrogens with two attached hydrogens (primary N) is 1. The molecular weight excluding hydrogens is 444 g/mol. The van der Waals surface area contributed by atoms with Gasteiger partial charge < -0.3 is 11.1 Å². The first-order chi connectivity index (χ1) is 15.9. The van der Waals surface area contributed by atoms with E-state index in [-0.39, 0.29) is 5.69 Å². The molecule has 0 fully saturated rings. The van der Waals surface area contributed by atoms with Crippen molar-refractivity contribution in [1.82, 2.24) is 15.0 Å². The molecular formula is C25H28ClF2N5. The van der Waals surface area contributed by atoms with E-state index in [0.29, 0.717) is 23.0 Å². The molecule has 33 heavy (non-hydrogen) atoms. The molecule has 8 heteroatoms. The first-order valence-corrected chi connectivity index (χ1v) is 11.1. The van der Waals surface area contributed by atoms with Gasteiger partial charge in [-0.2, -0.15) is 0 Å². The summed E-state index contributed by atoms with van der Waals surface area (Å²) in [5.41, 5.74) is 7.61. The number of para-hydroxylation sites is 1. The lowest BCUT2D eigenvalue weighted by Crippen LogP contribution is -1.99. The first-order valence-electron chi connectivity index (χ1n) is 10.7. The van der Waals surface area contributed by atoms with E-state index >= 15 is 0 Å². The smallest absolute Gasteiger partial charge is 0.165 e. The Labute approximate surface area is 198 Å². The van der Waals surface area contributed by atoms with Gasteiger partial charge in [0.2, 0.25) is 0 Å². The molecule has 0 amide bonds. The standard InChI is InChI=1S/C14H11ClN4.C9H11F2N.C2H6/c1-16-13-9-5-2-3-7-11(9)18-14(19-13)10-6-4-8-17-12(10)15;1-2-3-6-4-7(10)5-8(11)9(6)12;1-2/h2-8H,1H3,(H,16,18,19);4-5H,2-3,12H2,1H3;1-2H3. The summed E-state index contributed by atoms with van der Waals surface area (Å²) in [6.45, 7) is 5.93. The number of nitrogens with one attached hydrogen (secondary N) is 1. The van der Waals surface area contributed by atoms with Gasteiger partial charge in [0.15, 0.2) is 5.82 Å². The van der Waals surface area contributed by atoms with Crippen molar-refractivity contribution in [2.24, 2.45) is 0 Å². The molecule has 2 aromatic carbocycles. The molecule has 2 aromatic heterocycles. The molecule has 0 radical (unpaired) electrons. The van der Waals surface area contributed by atoms with Crippen LogP contribution in [-0.4, -0.2) is 22.0 Å². The fraction of sp³-hybridized carbons (Fsp3) is 0.240. The molecule has 4 rings (SSSR count). The van der Waals surface area contributed by atoms with E-state index < -0.39 is 11.6 Å². The molecule has 0 aliphatic rings. The highest BCUT2D eigenvalue weighted by Gasteiger charge is 2.11. The molecule has 0 unspecified atom stereocenters. The molecule has 2 heterocycles. The number of pyridine rings is 1. The van der Waals surface area contributed by atoms with Crippen molar-refractivity contribution in [3.05, 3.63) is 77.1 Å². The zero-order valence-corrected chi connectivity index (χ0v) is 19.9. The van der Waals surface area contributed by atoms with Crippen molar-refractivity contribution in [2.75, 3.05) is 18.1 Å². The Morgan fingerprint density at radius 2 is 1.76 bits per heavy atom. The second-order valence-electron chi connectivity index (χ2n) is 6.72. The van der Waals surface area contributed by atoms with Crippen molar-refractivity contribution in [2.45, 2.75) is 33.6 Å². The van der Waals surface area contributed by atoms with Gasteiger partial charge in [0.25, 0.3) is 0 Å². The molecule has 0 atom stereocenters. The Morgan fingerprint density at radius 1 is 1.03 bits per heavy atom. The molecule has 0 aliphatic heterocycles. The normalized spacial score (nSPS) is 10.0. The van der Waals surface area contributed by atoms with Crippen LogP contribution >= 0.6 is 11.6 Å². The fourth-order valence-electron chi connectivity index (χ4n) is 3.05. The Hall–Kier alpha value is -3.32. The summed E-state index contributed by atoms with van der Waals surface area (Å²) in [5.74, 6) is 0.116. The van der Waals surface area contributed by atoms with E-state index in [1.807, 2.05) is 64.2 Å². The van der Waals surface area contributed by atoms with Crippen LogP contribution in [0.1, 0.15) is 32.8 Å². The van der Waals surface area contributed by atoms with Gasteiger partial charge in [-0.1, -0.05) is 50.9 Å². The minimum atomic E-state index is -0.668. The number of nitrogen functional groups attached to an aromatic ring is 1. The molecule has 5 nitrogen and oxygen atoms in total. The van der Waals surface area contributed by atoms with Crippen LogP contribution in [0.15, 0.2) is 54.7 Å². The van der Waals surface area contributed by atoms with Gasteiger partial charge in [0.1, 0.15) is 22.6 Å². The first kappa shape index (κ1) is 25.9. The van der Waals surface area contributed by atoms with Gasteiger partial charge in [-0.05, 0) is 42.3 Å². The van der Waals surface area contributed by atoms with Gasteiger partial charge in [0, 0.05) is 24.7 Å². The summed E-state index contributed by atoms with van der Waals surface area (Å²) in [5, 5.41) is 4.47. The van der Waals surface area contributed by atoms with Gasteiger partial charge in [-0.15, -0.1) is 0 Å². The lowest BCUT2D eigenvalue weighted by Gasteiger charge is -2.08. The molecule has 0 saturated carbocycles. The number of aryl methyl sites for hydroxylation is 1. The topological polar surface area (TPSA) is 76.7 Å². The summed E-state index contributed by atoms with van der Waals surface area (Å²) < 4.78 is 25.4. The minimum absolute atomic E-state index is 0.0678. The van der Waals surface area contributed by atoms with Crippen LogP contribution in [-0.2, 0) is 6.42 Å². The number of anilines is 2. The number of hydrogen-bond donors (Lipinski definition) is 2. The molecule has 0 aliphatic carbocycles. The van der Waals surface area contributed by atoms with Crippen LogP contribution in [0.3, 0.4) is 0 Å². The summed E-state index contributed by atoms with van der Waals surface area (Å²) in [7, 11) is 1.84.